The molecule has 7 nitrogen and oxygen atoms in total. The predicted octanol–water partition coefficient (Wildman–Crippen LogP) is 3.71. The summed E-state index contributed by atoms with van der Waals surface area (Å²) < 4.78 is 27.3. The van der Waals surface area contributed by atoms with Gasteiger partial charge < -0.3 is 23.7 Å². The van der Waals surface area contributed by atoms with Gasteiger partial charge in [0.15, 0.2) is 11.9 Å². The van der Waals surface area contributed by atoms with Gasteiger partial charge in [0.2, 0.25) is 5.78 Å². The first kappa shape index (κ1) is 20.0. The zero-order valence-electron chi connectivity index (χ0n) is 17.0. The van der Waals surface area contributed by atoms with E-state index in [0.717, 1.165) is 6.42 Å². The summed E-state index contributed by atoms with van der Waals surface area (Å²) in [5, 5.41) is 0. The molecular weight excluding hydrogens is 388 g/mol. The second kappa shape index (κ2) is 8.20. The molecular formula is C23H22O7. The highest BCUT2D eigenvalue weighted by atomic mass is 16.6. The number of ether oxygens (including phenoxy) is 5. The lowest BCUT2D eigenvalue weighted by atomic mass is 10.1. The quantitative estimate of drug-likeness (QED) is 0.422. The normalized spacial score (nSPS) is 18.8. The molecule has 0 bridgehead atoms. The van der Waals surface area contributed by atoms with Crippen LogP contribution in [-0.2, 0) is 9.53 Å². The molecule has 7 heteroatoms. The molecule has 0 aliphatic carbocycles. The summed E-state index contributed by atoms with van der Waals surface area (Å²) in [6.07, 6.45) is 2.56. The SMILES string of the molecule is COc1ccc(/C=C2\Oc3c(ccc(OC(=O)C4CCCO4)c3C)C2=O)c(OC)c1. The molecule has 2 aliphatic heterocycles. The van der Waals surface area contributed by atoms with Crippen LogP contribution < -0.4 is 18.9 Å². The van der Waals surface area contributed by atoms with E-state index in [0.29, 0.717) is 52.7 Å². The van der Waals surface area contributed by atoms with E-state index in [9.17, 15) is 9.59 Å². The third-order valence-corrected chi connectivity index (χ3v) is 5.17. The molecule has 0 saturated carbocycles. The highest BCUT2D eigenvalue weighted by Gasteiger charge is 2.32. The molecule has 156 valence electrons. The molecule has 2 heterocycles. The zero-order valence-corrected chi connectivity index (χ0v) is 17.0. The molecule has 4 rings (SSSR count). The van der Waals surface area contributed by atoms with Crippen molar-refractivity contribution in [3.05, 3.63) is 52.8 Å². The van der Waals surface area contributed by atoms with E-state index in [2.05, 4.69) is 0 Å². The summed E-state index contributed by atoms with van der Waals surface area (Å²) in [7, 11) is 3.11. The van der Waals surface area contributed by atoms with Crippen molar-refractivity contribution in [2.45, 2.75) is 25.9 Å². The number of fused-ring (bicyclic) bond motifs is 1. The summed E-state index contributed by atoms with van der Waals surface area (Å²) in [5.41, 5.74) is 1.68. The molecule has 2 aromatic carbocycles. The van der Waals surface area contributed by atoms with Crippen LogP contribution in [-0.4, -0.2) is 38.7 Å². The van der Waals surface area contributed by atoms with Crippen molar-refractivity contribution in [3.63, 3.8) is 0 Å². The number of ketones is 1. The van der Waals surface area contributed by atoms with E-state index in [1.165, 1.54) is 0 Å². The number of rotatable bonds is 5. The Labute approximate surface area is 174 Å². The van der Waals surface area contributed by atoms with Crippen molar-refractivity contribution in [1.29, 1.82) is 0 Å². The number of allylic oxidation sites excluding steroid dienone is 1. The molecule has 1 fully saturated rings. The van der Waals surface area contributed by atoms with Crippen LogP contribution in [0.4, 0.5) is 0 Å². The third-order valence-electron chi connectivity index (χ3n) is 5.17. The van der Waals surface area contributed by atoms with Crippen LogP contribution in [0.2, 0.25) is 0 Å². The van der Waals surface area contributed by atoms with Gasteiger partial charge in [0.25, 0.3) is 0 Å². The van der Waals surface area contributed by atoms with Crippen LogP contribution >= 0.6 is 0 Å². The Hall–Kier alpha value is -3.32. The smallest absolute Gasteiger partial charge is 0.340 e. The Balaban J connectivity index is 1.60. The molecule has 2 aromatic rings. The molecule has 0 amide bonds. The van der Waals surface area contributed by atoms with Gasteiger partial charge in [-0.25, -0.2) is 4.79 Å². The summed E-state index contributed by atoms with van der Waals surface area (Å²) in [4.78, 5) is 25.1. The van der Waals surface area contributed by atoms with E-state index in [-0.39, 0.29) is 11.5 Å². The fourth-order valence-electron chi connectivity index (χ4n) is 3.50. The highest BCUT2D eigenvalue weighted by molar-refractivity contribution is 6.15. The van der Waals surface area contributed by atoms with Crippen molar-refractivity contribution >= 4 is 17.8 Å². The van der Waals surface area contributed by atoms with Gasteiger partial charge in [0.05, 0.1) is 19.8 Å². The molecule has 0 spiro atoms. The molecule has 0 N–H and O–H groups in total. The monoisotopic (exact) mass is 410 g/mol. The van der Waals surface area contributed by atoms with Crippen molar-refractivity contribution in [3.8, 4) is 23.0 Å². The number of carbonyl (C=O) groups excluding carboxylic acids is 2. The Kier molecular flexibility index (Phi) is 5.46. The maximum atomic E-state index is 12.8. The lowest BCUT2D eigenvalue weighted by Crippen LogP contribution is -2.25. The van der Waals surface area contributed by atoms with Gasteiger partial charge in [0, 0.05) is 23.8 Å². The van der Waals surface area contributed by atoms with Gasteiger partial charge in [-0.05, 0) is 50.1 Å². The minimum atomic E-state index is -0.543. The third kappa shape index (κ3) is 3.64. The van der Waals surface area contributed by atoms with E-state index < -0.39 is 12.1 Å². The van der Waals surface area contributed by atoms with E-state index in [4.69, 9.17) is 23.7 Å². The average molecular weight is 410 g/mol. The van der Waals surface area contributed by atoms with E-state index in [1.54, 1.807) is 57.6 Å². The summed E-state index contributed by atoms with van der Waals surface area (Å²) in [5.74, 6) is 1.42. The number of methoxy groups -OCH3 is 2. The standard InChI is InChI=1S/C23H22O7/c1-13-17(30-23(25)18-5-4-10-28-18)9-8-16-21(24)20(29-22(13)16)11-14-6-7-15(26-2)12-19(14)27-3/h6-9,11-12,18H,4-5,10H2,1-3H3/b20-11-. The predicted molar refractivity (Wildman–Crippen MR) is 108 cm³/mol. The number of esters is 1. The molecule has 30 heavy (non-hydrogen) atoms. The summed E-state index contributed by atoms with van der Waals surface area (Å²) in [6.45, 7) is 2.31. The fourth-order valence-corrected chi connectivity index (χ4v) is 3.50. The molecule has 2 aliphatic rings. The second-order valence-electron chi connectivity index (χ2n) is 7.04. The fraction of sp³-hybridized carbons (Fsp3) is 0.304. The second-order valence-corrected chi connectivity index (χ2v) is 7.04. The largest absolute Gasteiger partial charge is 0.497 e. The molecule has 0 radical (unpaired) electrons. The molecule has 1 saturated heterocycles. The number of Topliss-reactive ketones (excluding diaryl/α,β-unsaturated/α-hetero) is 1. The van der Waals surface area contributed by atoms with Gasteiger partial charge in [-0.15, -0.1) is 0 Å². The lowest BCUT2D eigenvalue weighted by molar-refractivity contribution is -0.144. The first-order valence-electron chi connectivity index (χ1n) is 9.65. The maximum Gasteiger partial charge on any atom is 0.340 e. The number of carbonyl (C=O) groups is 2. The number of hydrogen-bond acceptors (Lipinski definition) is 7. The van der Waals surface area contributed by atoms with Gasteiger partial charge in [-0.2, -0.15) is 0 Å². The lowest BCUT2D eigenvalue weighted by Gasteiger charge is -2.12. The van der Waals surface area contributed by atoms with Gasteiger partial charge in [-0.3, -0.25) is 4.79 Å². The maximum absolute atomic E-state index is 12.8. The van der Waals surface area contributed by atoms with E-state index in [1.807, 2.05) is 0 Å². The van der Waals surface area contributed by atoms with Crippen LogP contribution in [0, 0.1) is 6.92 Å². The first-order chi connectivity index (χ1) is 14.5. The number of hydrogen-bond donors (Lipinski definition) is 0. The van der Waals surface area contributed by atoms with Crippen LogP contribution in [0.3, 0.4) is 0 Å². The van der Waals surface area contributed by atoms with Crippen molar-refractivity contribution in [2.24, 2.45) is 0 Å². The van der Waals surface area contributed by atoms with Crippen molar-refractivity contribution in [2.75, 3.05) is 20.8 Å². The van der Waals surface area contributed by atoms with Gasteiger partial charge >= 0.3 is 5.97 Å². The molecule has 1 atom stereocenters. The minimum Gasteiger partial charge on any atom is -0.497 e. The zero-order chi connectivity index (χ0) is 21.3. The van der Waals surface area contributed by atoms with E-state index >= 15 is 0 Å². The average Bonchev–Trinajstić information content (AvgIpc) is 3.40. The minimum absolute atomic E-state index is 0.166. The van der Waals surface area contributed by atoms with Gasteiger partial charge in [0.1, 0.15) is 23.0 Å². The summed E-state index contributed by atoms with van der Waals surface area (Å²) in [6, 6.07) is 8.50. The van der Waals surface area contributed by atoms with Gasteiger partial charge in [-0.1, -0.05) is 0 Å². The van der Waals surface area contributed by atoms with Crippen LogP contribution in [0.15, 0.2) is 36.1 Å². The van der Waals surface area contributed by atoms with Crippen molar-refractivity contribution < 1.29 is 33.3 Å². The molecule has 1 unspecified atom stereocenters. The summed E-state index contributed by atoms with van der Waals surface area (Å²) >= 11 is 0. The topological polar surface area (TPSA) is 80.3 Å². The Morgan fingerprint density at radius 3 is 2.67 bits per heavy atom. The van der Waals surface area contributed by atoms with Crippen LogP contribution in [0.25, 0.3) is 6.08 Å². The highest BCUT2D eigenvalue weighted by Crippen LogP contribution is 2.40. The van der Waals surface area contributed by atoms with Crippen molar-refractivity contribution in [1.82, 2.24) is 0 Å². The Morgan fingerprint density at radius 2 is 1.97 bits per heavy atom. The Bertz CT molecular complexity index is 1030. The first-order valence-corrected chi connectivity index (χ1v) is 9.65. The number of benzene rings is 2. The molecule has 0 aromatic heterocycles. The van der Waals surface area contributed by atoms with Crippen LogP contribution in [0.1, 0.15) is 34.3 Å². The Morgan fingerprint density at radius 1 is 1.13 bits per heavy atom. The van der Waals surface area contributed by atoms with Crippen LogP contribution in [0.5, 0.6) is 23.0 Å².